The van der Waals surface area contributed by atoms with Crippen molar-refractivity contribution in [2.75, 3.05) is 7.11 Å². The third-order valence-corrected chi connectivity index (χ3v) is 3.97. The molecule has 0 aromatic heterocycles. The molecule has 24 heavy (non-hydrogen) atoms. The zero-order chi connectivity index (χ0) is 17.1. The zero-order valence-electron chi connectivity index (χ0n) is 14.0. The van der Waals surface area contributed by atoms with Crippen molar-refractivity contribution in [3.8, 4) is 5.75 Å². The number of hydrogen-bond donors (Lipinski definition) is 1. The van der Waals surface area contributed by atoms with E-state index in [9.17, 15) is 4.79 Å². The maximum Gasteiger partial charge on any atom is 0.275 e. The van der Waals surface area contributed by atoms with Gasteiger partial charge in [-0.25, -0.2) is 4.99 Å². The monoisotopic (exact) mass is 320 g/mol. The van der Waals surface area contributed by atoms with Crippen molar-refractivity contribution in [3.63, 3.8) is 0 Å². The highest BCUT2D eigenvalue weighted by atomic mass is 16.5. The van der Waals surface area contributed by atoms with Gasteiger partial charge >= 0.3 is 0 Å². The molecule has 2 aromatic rings. The molecule has 122 valence electrons. The topological polar surface area (TPSA) is 50.7 Å². The zero-order valence-corrected chi connectivity index (χ0v) is 14.0. The normalized spacial score (nSPS) is 15.6. The number of para-hydroxylation sites is 1. The highest BCUT2D eigenvalue weighted by Gasteiger charge is 2.23. The average molecular weight is 320 g/mol. The Bertz CT molecular complexity index is 818. The number of aliphatic imine (C=N–C) groups is 1. The number of nitrogens with zero attached hydrogens (tertiary/aromatic N) is 1. The van der Waals surface area contributed by atoms with Gasteiger partial charge in [0.2, 0.25) is 0 Å². The minimum atomic E-state index is -0.205. The first kappa shape index (κ1) is 16.0. The number of amidine groups is 1. The highest BCUT2D eigenvalue weighted by molar-refractivity contribution is 6.20. The summed E-state index contributed by atoms with van der Waals surface area (Å²) in [5.41, 5.74) is 3.39. The van der Waals surface area contributed by atoms with Gasteiger partial charge < -0.3 is 10.1 Å². The van der Waals surface area contributed by atoms with Crippen LogP contribution in [0.3, 0.4) is 0 Å². The molecule has 4 nitrogen and oxygen atoms in total. The van der Waals surface area contributed by atoms with E-state index in [-0.39, 0.29) is 5.91 Å². The van der Waals surface area contributed by atoms with Crippen LogP contribution in [0.15, 0.2) is 59.2 Å². The minimum absolute atomic E-state index is 0.205. The fourth-order valence-corrected chi connectivity index (χ4v) is 2.57. The van der Waals surface area contributed by atoms with Gasteiger partial charge in [-0.15, -0.1) is 0 Å². The molecule has 3 rings (SSSR count). The van der Waals surface area contributed by atoms with E-state index in [2.05, 4.69) is 36.3 Å². The molecule has 0 unspecified atom stereocenters. The summed E-state index contributed by atoms with van der Waals surface area (Å²) in [4.78, 5) is 16.6. The quantitative estimate of drug-likeness (QED) is 0.873. The Hall–Kier alpha value is -2.88. The molecule has 0 atom stereocenters. The number of amides is 1. The van der Waals surface area contributed by atoms with Crippen LogP contribution in [0.2, 0.25) is 0 Å². The van der Waals surface area contributed by atoms with Crippen molar-refractivity contribution in [1.82, 2.24) is 5.32 Å². The molecule has 4 heteroatoms. The van der Waals surface area contributed by atoms with Crippen molar-refractivity contribution in [2.24, 2.45) is 4.99 Å². The third-order valence-electron chi connectivity index (χ3n) is 3.97. The van der Waals surface area contributed by atoms with Crippen LogP contribution in [0, 0.1) is 0 Å². The van der Waals surface area contributed by atoms with E-state index in [1.807, 2.05) is 36.4 Å². The third kappa shape index (κ3) is 3.23. The summed E-state index contributed by atoms with van der Waals surface area (Å²) in [6, 6.07) is 15.7. The lowest BCUT2D eigenvalue weighted by atomic mass is 10.0. The Morgan fingerprint density at radius 2 is 1.79 bits per heavy atom. The predicted octanol–water partition coefficient (Wildman–Crippen LogP) is 3.74. The number of nitrogens with one attached hydrogen (secondary N) is 1. The Morgan fingerprint density at radius 3 is 2.46 bits per heavy atom. The molecule has 2 aromatic carbocycles. The molecule has 0 aliphatic carbocycles. The van der Waals surface area contributed by atoms with E-state index in [1.54, 1.807) is 13.2 Å². The summed E-state index contributed by atoms with van der Waals surface area (Å²) in [6.45, 7) is 4.31. The van der Waals surface area contributed by atoms with Crippen molar-refractivity contribution in [1.29, 1.82) is 0 Å². The van der Waals surface area contributed by atoms with Crippen molar-refractivity contribution < 1.29 is 9.53 Å². The summed E-state index contributed by atoms with van der Waals surface area (Å²) in [6.07, 6.45) is 1.79. The summed E-state index contributed by atoms with van der Waals surface area (Å²) in [5.74, 6) is 1.47. The standard InChI is InChI=1S/C20H20N2O2/c1-13(2)15-10-8-14(9-11-15)12-17-20(23)22-19(21-17)16-6-4-5-7-18(16)24-3/h4-13H,1-3H3,(H,21,22,23)/b17-12+. The van der Waals surface area contributed by atoms with Crippen molar-refractivity contribution >= 4 is 17.8 Å². The number of benzene rings is 2. The van der Waals surface area contributed by atoms with Crippen molar-refractivity contribution in [3.05, 3.63) is 70.9 Å². The lowest BCUT2D eigenvalue weighted by Gasteiger charge is -2.06. The Kier molecular flexibility index (Phi) is 4.47. The lowest BCUT2D eigenvalue weighted by molar-refractivity contribution is -0.115. The van der Waals surface area contributed by atoms with Gasteiger partial charge in [0.25, 0.3) is 5.91 Å². The fraction of sp³-hybridized carbons (Fsp3) is 0.200. The molecule has 0 spiro atoms. The van der Waals surface area contributed by atoms with Gasteiger partial charge in [-0.2, -0.15) is 0 Å². The molecule has 0 saturated carbocycles. The van der Waals surface area contributed by atoms with Gasteiger partial charge in [0, 0.05) is 0 Å². The van der Waals surface area contributed by atoms with Crippen LogP contribution in [0.5, 0.6) is 5.75 Å². The Labute approximate surface area is 141 Å². The molecule has 1 amide bonds. The second-order valence-corrected chi connectivity index (χ2v) is 5.97. The maximum atomic E-state index is 12.2. The summed E-state index contributed by atoms with van der Waals surface area (Å²) in [7, 11) is 1.60. The van der Waals surface area contributed by atoms with Crippen LogP contribution < -0.4 is 10.1 Å². The number of carbonyl (C=O) groups is 1. The molecular weight excluding hydrogens is 300 g/mol. The van der Waals surface area contributed by atoms with Crippen LogP contribution in [-0.2, 0) is 4.79 Å². The molecule has 1 heterocycles. The van der Waals surface area contributed by atoms with Gasteiger partial charge in [-0.3, -0.25) is 4.79 Å². The molecule has 1 aliphatic heterocycles. The van der Waals surface area contributed by atoms with E-state index in [4.69, 9.17) is 4.74 Å². The number of methoxy groups -OCH3 is 1. The van der Waals surface area contributed by atoms with Crippen LogP contribution in [0.1, 0.15) is 36.5 Å². The highest BCUT2D eigenvalue weighted by Crippen LogP contribution is 2.22. The Balaban J connectivity index is 1.91. The van der Waals surface area contributed by atoms with Gasteiger partial charge in [-0.05, 0) is 35.3 Å². The van der Waals surface area contributed by atoms with Crippen LogP contribution in [0.4, 0.5) is 0 Å². The number of ether oxygens (including phenoxy) is 1. The smallest absolute Gasteiger partial charge is 0.275 e. The maximum absolute atomic E-state index is 12.2. The van der Waals surface area contributed by atoms with E-state index >= 15 is 0 Å². The molecule has 1 N–H and O–H groups in total. The van der Waals surface area contributed by atoms with E-state index in [0.717, 1.165) is 11.1 Å². The van der Waals surface area contributed by atoms with Gasteiger partial charge in [-0.1, -0.05) is 50.2 Å². The number of hydrogen-bond acceptors (Lipinski definition) is 3. The van der Waals surface area contributed by atoms with Crippen LogP contribution in [-0.4, -0.2) is 18.9 Å². The SMILES string of the molecule is COc1ccccc1C1=N/C(=C/c2ccc(C(C)C)cc2)C(=O)N1. The van der Waals surface area contributed by atoms with Gasteiger partial charge in [0.05, 0.1) is 12.7 Å². The Morgan fingerprint density at radius 1 is 1.08 bits per heavy atom. The first-order valence-corrected chi connectivity index (χ1v) is 7.93. The summed E-state index contributed by atoms with van der Waals surface area (Å²) >= 11 is 0. The first-order valence-electron chi connectivity index (χ1n) is 7.93. The minimum Gasteiger partial charge on any atom is -0.496 e. The van der Waals surface area contributed by atoms with Crippen molar-refractivity contribution in [2.45, 2.75) is 19.8 Å². The lowest BCUT2D eigenvalue weighted by Crippen LogP contribution is -2.25. The molecule has 0 fully saturated rings. The fourth-order valence-electron chi connectivity index (χ4n) is 2.57. The summed E-state index contributed by atoms with van der Waals surface area (Å²) in [5, 5.41) is 2.81. The molecular formula is C20H20N2O2. The number of carbonyl (C=O) groups excluding carboxylic acids is 1. The van der Waals surface area contributed by atoms with E-state index < -0.39 is 0 Å². The van der Waals surface area contributed by atoms with Gasteiger partial charge in [0.1, 0.15) is 17.3 Å². The van der Waals surface area contributed by atoms with Crippen LogP contribution in [0.25, 0.3) is 6.08 Å². The molecule has 0 radical (unpaired) electrons. The molecule has 0 bridgehead atoms. The first-order chi connectivity index (χ1) is 11.6. The largest absolute Gasteiger partial charge is 0.496 e. The van der Waals surface area contributed by atoms with Gasteiger partial charge in [0.15, 0.2) is 0 Å². The molecule has 1 aliphatic rings. The van der Waals surface area contributed by atoms with Crippen LogP contribution >= 0.6 is 0 Å². The molecule has 0 saturated heterocycles. The van der Waals surface area contributed by atoms with E-state index in [1.165, 1.54) is 5.56 Å². The number of rotatable bonds is 4. The second-order valence-electron chi connectivity index (χ2n) is 5.97. The predicted molar refractivity (Wildman–Crippen MR) is 96.2 cm³/mol. The second kappa shape index (κ2) is 6.71. The summed E-state index contributed by atoms with van der Waals surface area (Å²) < 4.78 is 5.33. The van der Waals surface area contributed by atoms with E-state index in [0.29, 0.717) is 23.2 Å². The average Bonchev–Trinajstić information content (AvgIpc) is 2.96.